The highest BCUT2D eigenvalue weighted by Crippen LogP contribution is 2.24. The zero-order chi connectivity index (χ0) is 19.1. The number of nitrogens with zero attached hydrogens (tertiary/aromatic N) is 2. The lowest BCUT2D eigenvalue weighted by molar-refractivity contribution is 0.102. The number of anilines is 2. The first-order valence-electron chi connectivity index (χ1n) is 8.89. The van der Waals surface area contributed by atoms with Crippen LogP contribution in [-0.2, 0) is 0 Å². The molecule has 6 heteroatoms. The van der Waals surface area contributed by atoms with Crippen LogP contribution in [0.3, 0.4) is 0 Å². The SMILES string of the molecule is C=C/C(=C\C=C/CF)c1nc(C(=O)Nc2ccc(N3CCCC3)cc2)cs1. The molecule has 0 spiro atoms. The van der Waals surface area contributed by atoms with Crippen LogP contribution in [0.15, 0.2) is 60.5 Å². The number of rotatable bonds is 7. The molecule has 0 aliphatic carbocycles. The molecule has 1 N–H and O–H groups in total. The van der Waals surface area contributed by atoms with Crippen LogP contribution in [0, 0.1) is 0 Å². The van der Waals surface area contributed by atoms with Crippen molar-refractivity contribution in [2.24, 2.45) is 0 Å². The molecule has 0 unspecified atom stereocenters. The first kappa shape index (κ1) is 19.0. The van der Waals surface area contributed by atoms with Gasteiger partial charge in [0.05, 0.1) is 0 Å². The van der Waals surface area contributed by atoms with Gasteiger partial charge in [-0.2, -0.15) is 0 Å². The Labute approximate surface area is 162 Å². The second-order valence-electron chi connectivity index (χ2n) is 6.14. The molecule has 0 bridgehead atoms. The number of halogens is 1. The lowest BCUT2D eigenvalue weighted by atomic mass is 10.2. The van der Waals surface area contributed by atoms with Gasteiger partial charge in [0.25, 0.3) is 5.91 Å². The van der Waals surface area contributed by atoms with Crippen LogP contribution in [0.1, 0.15) is 28.3 Å². The summed E-state index contributed by atoms with van der Waals surface area (Å²) in [6, 6.07) is 7.89. The van der Waals surface area contributed by atoms with Gasteiger partial charge in [0, 0.05) is 35.4 Å². The van der Waals surface area contributed by atoms with Crippen molar-refractivity contribution in [1.82, 2.24) is 4.98 Å². The van der Waals surface area contributed by atoms with Crippen molar-refractivity contribution < 1.29 is 9.18 Å². The Morgan fingerprint density at radius 3 is 2.70 bits per heavy atom. The number of benzene rings is 1. The van der Waals surface area contributed by atoms with Crippen LogP contribution in [0.25, 0.3) is 5.57 Å². The van der Waals surface area contributed by atoms with Gasteiger partial charge in [0.15, 0.2) is 0 Å². The minimum Gasteiger partial charge on any atom is -0.372 e. The van der Waals surface area contributed by atoms with E-state index in [9.17, 15) is 9.18 Å². The predicted molar refractivity (Wildman–Crippen MR) is 111 cm³/mol. The minimum atomic E-state index is -0.525. The van der Waals surface area contributed by atoms with Crippen molar-refractivity contribution >= 4 is 34.2 Å². The first-order valence-corrected chi connectivity index (χ1v) is 9.76. The average molecular weight is 383 g/mol. The molecular weight excluding hydrogens is 361 g/mol. The number of hydrogen-bond donors (Lipinski definition) is 1. The van der Waals surface area contributed by atoms with Crippen LogP contribution < -0.4 is 10.2 Å². The Balaban J connectivity index is 1.66. The summed E-state index contributed by atoms with van der Waals surface area (Å²) < 4.78 is 12.2. The molecule has 1 aliphatic rings. The van der Waals surface area contributed by atoms with E-state index in [0.717, 1.165) is 24.4 Å². The summed E-state index contributed by atoms with van der Waals surface area (Å²) in [7, 11) is 0. The number of hydrogen-bond acceptors (Lipinski definition) is 4. The van der Waals surface area contributed by atoms with E-state index >= 15 is 0 Å². The van der Waals surface area contributed by atoms with E-state index in [1.54, 1.807) is 23.6 Å². The van der Waals surface area contributed by atoms with Crippen LogP contribution in [0.2, 0.25) is 0 Å². The maximum Gasteiger partial charge on any atom is 0.275 e. The van der Waals surface area contributed by atoms with Crippen LogP contribution in [0.4, 0.5) is 15.8 Å². The zero-order valence-electron chi connectivity index (χ0n) is 15.0. The van der Waals surface area contributed by atoms with Gasteiger partial charge in [-0.1, -0.05) is 30.9 Å². The highest BCUT2D eigenvalue weighted by Gasteiger charge is 2.14. The molecule has 0 atom stereocenters. The van der Waals surface area contributed by atoms with E-state index in [0.29, 0.717) is 10.7 Å². The first-order chi connectivity index (χ1) is 13.2. The maximum absolute atomic E-state index is 12.5. The molecule has 1 fully saturated rings. The van der Waals surface area contributed by atoms with E-state index in [1.165, 1.54) is 35.9 Å². The summed E-state index contributed by atoms with van der Waals surface area (Å²) in [4.78, 5) is 19.2. The average Bonchev–Trinajstić information content (AvgIpc) is 3.38. The van der Waals surface area contributed by atoms with Gasteiger partial charge in [-0.25, -0.2) is 9.37 Å². The summed E-state index contributed by atoms with van der Waals surface area (Å²) in [6.45, 7) is 5.40. The number of alkyl halides is 1. The van der Waals surface area contributed by atoms with Crippen LogP contribution in [0.5, 0.6) is 0 Å². The molecule has 1 aromatic carbocycles. The molecule has 0 radical (unpaired) electrons. The molecule has 4 nitrogen and oxygen atoms in total. The third-order valence-corrected chi connectivity index (χ3v) is 5.19. The Bertz CT molecular complexity index is 849. The normalized spacial score (nSPS) is 14.7. The number of carbonyl (C=O) groups is 1. The lowest BCUT2D eigenvalue weighted by Gasteiger charge is -2.17. The summed E-state index contributed by atoms with van der Waals surface area (Å²) in [5, 5.41) is 5.25. The Hall–Kier alpha value is -2.73. The maximum atomic E-state index is 12.5. The van der Waals surface area contributed by atoms with Crippen molar-refractivity contribution in [1.29, 1.82) is 0 Å². The van der Waals surface area contributed by atoms with Crippen molar-refractivity contribution in [3.05, 3.63) is 71.2 Å². The molecule has 2 aromatic rings. The highest BCUT2D eigenvalue weighted by atomic mass is 32.1. The fourth-order valence-electron chi connectivity index (χ4n) is 2.89. The molecule has 1 aliphatic heterocycles. The minimum absolute atomic E-state index is 0.255. The molecular formula is C21H22FN3OS. The lowest BCUT2D eigenvalue weighted by Crippen LogP contribution is -2.17. The molecule has 3 rings (SSSR count). The predicted octanol–water partition coefficient (Wildman–Crippen LogP) is 5.09. The van der Waals surface area contributed by atoms with E-state index < -0.39 is 6.67 Å². The van der Waals surface area contributed by atoms with E-state index in [2.05, 4.69) is 21.8 Å². The summed E-state index contributed by atoms with van der Waals surface area (Å²) in [5.41, 5.74) is 3.02. The van der Waals surface area contributed by atoms with Crippen molar-refractivity contribution in [2.75, 3.05) is 30.0 Å². The van der Waals surface area contributed by atoms with Gasteiger partial charge >= 0.3 is 0 Å². The largest absolute Gasteiger partial charge is 0.372 e. The smallest absolute Gasteiger partial charge is 0.275 e. The van der Waals surface area contributed by atoms with Gasteiger partial charge in [-0.05, 0) is 37.1 Å². The monoisotopic (exact) mass is 383 g/mol. The third kappa shape index (κ3) is 4.92. The molecule has 1 saturated heterocycles. The van der Waals surface area contributed by atoms with Gasteiger partial charge in [-0.3, -0.25) is 4.79 Å². The second-order valence-corrected chi connectivity index (χ2v) is 7.00. The fourth-order valence-corrected chi connectivity index (χ4v) is 3.71. The Kier molecular flexibility index (Phi) is 6.54. The standard InChI is InChI=1S/C21H22FN3OS/c1-2-16(7-3-4-12-22)21-24-19(15-27-21)20(26)23-17-8-10-18(11-9-17)25-13-5-6-14-25/h2-4,7-11,15H,1,5-6,12-14H2,(H,23,26)/b4-3-,16-7+. The number of amides is 1. The highest BCUT2D eigenvalue weighted by molar-refractivity contribution is 7.11. The third-order valence-electron chi connectivity index (χ3n) is 4.30. The Morgan fingerprint density at radius 1 is 1.30 bits per heavy atom. The molecule has 1 aromatic heterocycles. The quantitative estimate of drug-likeness (QED) is 0.677. The summed E-state index contributed by atoms with van der Waals surface area (Å²) in [5.74, 6) is -0.255. The van der Waals surface area contributed by atoms with Gasteiger partial charge < -0.3 is 10.2 Å². The second kappa shape index (κ2) is 9.28. The van der Waals surface area contributed by atoms with Crippen molar-refractivity contribution in [3.8, 4) is 0 Å². The zero-order valence-corrected chi connectivity index (χ0v) is 15.8. The van der Waals surface area contributed by atoms with E-state index in [-0.39, 0.29) is 5.91 Å². The molecule has 2 heterocycles. The number of aromatic nitrogens is 1. The summed E-state index contributed by atoms with van der Waals surface area (Å²) in [6.07, 6.45) is 8.84. The topological polar surface area (TPSA) is 45.2 Å². The number of nitrogens with one attached hydrogen (secondary N) is 1. The number of thiazole rings is 1. The molecule has 0 saturated carbocycles. The Morgan fingerprint density at radius 2 is 2.04 bits per heavy atom. The van der Waals surface area contributed by atoms with Gasteiger partial charge in [0.1, 0.15) is 17.4 Å². The molecule has 27 heavy (non-hydrogen) atoms. The number of carbonyl (C=O) groups excluding carboxylic acids is 1. The fraction of sp³-hybridized carbons (Fsp3) is 0.238. The number of allylic oxidation sites excluding steroid dienone is 5. The van der Waals surface area contributed by atoms with Crippen molar-refractivity contribution in [3.63, 3.8) is 0 Å². The van der Waals surface area contributed by atoms with Gasteiger partial charge in [0.2, 0.25) is 0 Å². The molecule has 1 amide bonds. The van der Waals surface area contributed by atoms with Crippen LogP contribution in [-0.4, -0.2) is 30.7 Å². The van der Waals surface area contributed by atoms with Crippen LogP contribution >= 0.6 is 11.3 Å². The summed E-state index contributed by atoms with van der Waals surface area (Å²) >= 11 is 1.35. The molecule has 140 valence electrons. The van der Waals surface area contributed by atoms with Crippen molar-refractivity contribution in [2.45, 2.75) is 12.8 Å². The van der Waals surface area contributed by atoms with Gasteiger partial charge in [-0.15, -0.1) is 11.3 Å². The van der Waals surface area contributed by atoms with E-state index in [4.69, 9.17) is 0 Å². The van der Waals surface area contributed by atoms with E-state index in [1.807, 2.05) is 24.3 Å².